The summed E-state index contributed by atoms with van der Waals surface area (Å²) in [5.74, 6) is -0.647. The summed E-state index contributed by atoms with van der Waals surface area (Å²) < 4.78 is 33.6. The van der Waals surface area contributed by atoms with Gasteiger partial charge < -0.3 is 9.30 Å². The number of esters is 1. The third-order valence-electron chi connectivity index (χ3n) is 4.01. The number of aryl methyl sites for hydroxylation is 1. The molecule has 1 fully saturated rings. The van der Waals surface area contributed by atoms with Crippen LogP contribution in [0.4, 0.5) is 0 Å². The van der Waals surface area contributed by atoms with E-state index in [1.807, 2.05) is 29.9 Å². The van der Waals surface area contributed by atoms with Crippen molar-refractivity contribution < 1.29 is 17.9 Å². The van der Waals surface area contributed by atoms with Crippen LogP contribution in [0.5, 0.6) is 0 Å². The van der Waals surface area contributed by atoms with Crippen LogP contribution in [0.1, 0.15) is 44.3 Å². The van der Waals surface area contributed by atoms with Gasteiger partial charge in [0, 0.05) is 25.5 Å². The summed E-state index contributed by atoms with van der Waals surface area (Å²) in [6.07, 6.45) is 4.52. The lowest BCUT2D eigenvalue weighted by Gasteiger charge is -2.35. The largest absolute Gasteiger partial charge is 0.466 e. The van der Waals surface area contributed by atoms with Crippen LogP contribution in [-0.4, -0.2) is 42.2 Å². The van der Waals surface area contributed by atoms with Gasteiger partial charge in [-0.05, 0) is 31.9 Å². The molecule has 0 unspecified atom stereocenters. The molecule has 2 heterocycles. The van der Waals surface area contributed by atoms with Crippen LogP contribution in [0.3, 0.4) is 0 Å². The molecule has 1 atom stereocenters. The molecule has 1 aliphatic rings. The first-order chi connectivity index (χ1) is 10.5. The van der Waals surface area contributed by atoms with Crippen molar-refractivity contribution in [1.82, 2.24) is 8.87 Å². The molecule has 0 aliphatic carbocycles. The molecule has 0 spiro atoms. The Balaban J connectivity index is 2.13. The van der Waals surface area contributed by atoms with Crippen molar-refractivity contribution in [2.75, 3.05) is 18.9 Å². The average Bonchev–Trinajstić information content (AvgIpc) is 2.92. The van der Waals surface area contributed by atoms with Crippen LogP contribution >= 0.6 is 0 Å². The lowest BCUT2D eigenvalue weighted by Crippen LogP contribution is -2.40. The number of carbonyl (C=O) groups is 1. The standard InChI is InChI=1S/C15H24N2O4S/c1-3-21-15(18)9-12-22(19,20)17-11-5-4-7-14(17)13-8-6-10-16(13)2/h6,8,10,14H,3-5,7,9,11-12H2,1-2H3/t14-/m1/s1. The monoisotopic (exact) mass is 328 g/mol. The Morgan fingerprint density at radius 2 is 2.18 bits per heavy atom. The predicted octanol–water partition coefficient (Wildman–Crippen LogP) is 1.84. The molecular weight excluding hydrogens is 304 g/mol. The van der Waals surface area contributed by atoms with Gasteiger partial charge in [-0.3, -0.25) is 4.79 Å². The fourth-order valence-corrected chi connectivity index (χ4v) is 4.58. The molecule has 0 amide bonds. The first-order valence-corrected chi connectivity index (χ1v) is 9.33. The summed E-state index contributed by atoms with van der Waals surface area (Å²) in [6, 6.07) is 3.75. The summed E-state index contributed by atoms with van der Waals surface area (Å²) in [5.41, 5.74) is 0.999. The van der Waals surface area contributed by atoms with Crippen molar-refractivity contribution >= 4 is 16.0 Å². The second-order valence-electron chi connectivity index (χ2n) is 5.54. The van der Waals surface area contributed by atoms with Crippen molar-refractivity contribution in [3.8, 4) is 0 Å². The molecular formula is C15H24N2O4S. The molecule has 1 aromatic rings. The first-order valence-electron chi connectivity index (χ1n) is 7.72. The molecule has 0 radical (unpaired) electrons. The zero-order chi connectivity index (χ0) is 16.2. The van der Waals surface area contributed by atoms with Gasteiger partial charge in [0.25, 0.3) is 0 Å². The molecule has 0 aromatic carbocycles. The third kappa shape index (κ3) is 3.89. The van der Waals surface area contributed by atoms with Gasteiger partial charge in [-0.15, -0.1) is 0 Å². The maximum atomic E-state index is 12.6. The van der Waals surface area contributed by atoms with Crippen LogP contribution in [0, 0.1) is 0 Å². The number of ether oxygens (including phenoxy) is 1. The van der Waals surface area contributed by atoms with Crippen molar-refractivity contribution in [1.29, 1.82) is 0 Å². The molecule has 2 rings (SSSR count). The Hall–Kier alpha value is -1.34. The second-order valence-corrected chi connectivity index (χ2v) is 7.58. The van der Waals surface area contributed by atoms with Gasteiger partial charge in [-0.2, -0.15) is 4.31 Å². The van der Waals surface area contributed by atoms with Crippen molar-refractivity contribution in [2.45, 2.75) is 38.6 Å². The van der Waals surface area contributed by atoms with E-state index in [0.29, 0.717) is 6.54 Å². The number of hydrogen-bond donors (Lipinski definition) is 0. The summed E-state index contributed by atoms with van der Waals surface area (Å²) in [4.78, 5) is 11.4. The average molecular weight is 328 g/mol. The van der Waals surface area contributed by atoms with E-state index in [2.05, 4.69) is 0 Å². The maximum absolute atomic E-state index is 12.6. The van der Waals surface area contributed by atoms with Crippen molar-refractivity contribution in [2.24, 2.45) is 7.05 Å². The number of sulfonamides is 1. The van der Waals surface area contributed by atoms with E-state index in [0.717, 1.165) is 25.0 Å². The SMILES string of the molecule is CCOC(=O)CCS(=O)(=O)N1CCCC[C@@H]1c1cccn1C. The van der Waals surface area contributed by atoms with E-state index in [1.165, 1.54) is 0 Å². The number of nitrogens with zero attached hydrogens (tertiary/aromatic N) is 2. The number of carbonyl (C=O) groups excluding carboxylic acids is 1. The Bertz CT molecular complexity index is 609. The molecule has 6 nitrogen and oxygen atoms in total. The molecule has 0 bridgehead atoms. The molecule has 1 saturated heterocycles. The van der Waals surface area contributed by atoms with Gasteiger partial charge in [-0.1, -0.05) is 6.42 Å². The van der Waals surface area contributed by atoms with Gasteiger partial charge in [0.1, 0.15) is 0 Å². The fourth-order valence-electron chi connectivity index (χ4n) is 2.92. The highest BCUT2D eigenvalue weighted by Crippen LogP contribution is 2.33. The van der Waals surface area contributed by atoms with Gasteiger partial charge in [0.2, 0.25) is 10.0 Å². The maximum Gasteiger partial charge on any atom is 0.306 e. The van der Waals surface area contributed by atoms with E-state index < -0.39 is 16.0 Å². The molecule has 1 aromatic heterocycles. The van der Waals surface area contributed by atoms with Gasteiger partial charge in [0.05, 0.1) is 24.8 Å². The normalized spacial score (nSPS) is 20.0. The fraction of sp³-hybridized carbons (Fsp3) is 0.667. The lowest BCUT2D eigenvalue weighted by atomic mass is 10.0. The Kier molecular flexibility index (Phi) is 5.63. The minimum Gasteiger partial charge on any atom is -0.466 e. The zero-order valence-corrected chi connectivity index (χ0v) is 14.0. The van der Waals surface area contributed by atoms with Crippen LogP contribution in [-0.2, 0) is 26.6 Å². The van der Waals surface area contributed by atoms with Crippen molar-refractivity contribution in [3.05, 3.63) is 24.0 Å². The zero-order valence-electron chi connectivity index (χ0n) is 13.2. The van der Waals surface area contributed by atoms with E-state index in [4.69, 9.17) is 4.74 Å². The van der Waals surface area contributed by atoms with Gasteiger partial charge >= 0.3 is 5.97 Å². The Labute approximate surface area is 132 Å². The molecule has 0 N–H and O–H groups in total. The van der Waals surface area contributed by atoms with Crippen LogP contribution in [0.15, 0.2) is 18.3 Å². The predicted molar refractivity (Wildman–Crippen MR) is 83.7 cm³/mol. The quantitative estimate of drug-likeness (QED) is 0.747. The van der Waals surface area contributed by atoms with E-state index in [-0.39, 0.29) is 24.8 Å². The van der Waals surface area contributed by atoms with Crippen LogP contribution < -0.4 is 0 Å². The van der Waals surface area contributed by atoms with Crippen LogP contribution in [0.25, 0.3) is 0 Å². The first kappa shape index (κ1) is 17.0. The van der Waals surface area contributed by atoms with Gasteiger partial charge in [0.15, 0.2) is 0 Å². The van der Waals surface area contributed by atoms with Crippen LogP contribution in [0.2, 0.25) is 0 Å². The highest BCUT2D eigenvalue weighted by atomic mass is 32.2. The lowest BCUT2D eigenvalue weighted by molar-refractivity contribution is -0.142. The van der Waals surface area contributed by atoms with Gasteiger partial charge in [-0.25, -0.2) is 8.42 Å². The molecule has 124 valence electrons. The summed E-state index contributed by atoms with van der Waals surface area (Å²) >= 11 is 0. The highest BCUT2D eigenvalue weighted by Gasteiger charge is 2.34. The molecule has 0 saturated carbocycles. The topological polar surface area (TPSA) is 68.6 Å². The summed E-state index contributed by atoms with van der Waals surface area (Å²) in [5, 5.41) is 0. The van der Waals surface area contributed by atoms with E-state index in [9.17, 15) is 13.2 Å². The minimum atomic E-state index is -3.47. The highest BCUT2D eigenvalue weighted by molar-refractivity contribution is 7.89. The second kappa shape index (κ2) is 7.28. The molecule has 22 heavy (non-hydrogen) atoms. The van der Waals surface area contributed by atoms with Crippen molar-refractivity contribution in [3.63, 3.8) is 0 Å². The Morgan fingerprint density at radius 1 is 1.41 bits per heavy atom. The number of hydrogen-bond acceptors (Lipinski definition) is 4. The smallest absolute Gasteiger partial charge is 0.306 e. The third-order valence-corrected chi connectivity index (χ3v) is 5.88. The summed E-state index contributed by atoms with van der Waals surface area (Å²) in [7, 11) is -1.55. The molecule has 7 heteroatoms. The number of piperidine rings is 1. The van der Waals surface area contributed by atoms with E-state index >= 15 is 0 Å². The molecule has 1 aliphatic heterocycles. The minimum absolute atomic E-state index is 0.0907. The number of rotatable bonds is 6. The van der Waals surface area contributed by atoms with E-state index in [1.54, 1.807) is 11.2 Å². The number of aromatic nitrogens is 1. The summed E-state index contributed by atoms with van der Waals surface area (Å²) in [6.45, 7) is 2.50. The Morgan fingerprint density at radius 3 is 2.82 bits per heavy atom.